The van der Waals surface area contributed by atoms with Gasteiger partial charge in [-0.25, -0.2) is 4.68 Å². The van der Waals surface area contributed by atoms with Crippen LogP contribution in [0.2, 0.25) is 0 Å². The van der Waals surface area contributed by atoms with Gasteiger partial charge in [-0.2, -0.15) is 5.10 Å². The first-order valence-electron chi connectivity index (χ1n) is 8.15. The molecule has 0 aliphatic rings. The summed E-state index contributed by atoms with van der Waals surface area (Å²) < 4.78 is 6.51. The maximum atomic E-state index is 12.0. The minimum absolute atomic E-state index is 0.0268. The zero-order valence-corrected chi connectivity index (χ0v) is 14.2. The van der Waals surface area contributed by atoms with Crippen molar-refractivity contribution in [1.29, 1.82) is 0 Å². The molecular formula is C18H16N4O5. The topological polar surface area (TPSA) is 120 Å². The van der Waals surface area contributed by atoms with Crippen LogP contribution in [0.3, 0.4) is 0 Å². The molecule has 0 spiro atoms. The Kier molecular flexibility index (Phi) is 5.41. The SMILES string of the molecule is O=C(Cc1ccc([N+](=O)[O-])cc1)NCCn1nc(-c2ccco2)ccc1=O. The number of nitro groups is 1. The van der Waals surface area contributed by atoms with E-state index in [4.69, 9.17) is 4.42 Å². The summed E-state index contributed by atoms with van der Waals surface area (Å²) in [5.41, 5.74) is 0.876. The maximum Gasteiger partial charge on any atom is 0.269 e. The summed E-state index contributed by atoms with van der Waals surface area (Å²) in [5.74, 6) is 0.296. The predicted molar refractivity (Wildman–Crippen MR) is 96.0 cm³/mol. The molecule has 0 fully saturated rings. The number of rotatable bonds is 7. The highest BCUT2D eigenvalue weighted by Crippen LogP contribution is 2.15. The molecular weight excluding hydrogens is 352 g/mol. The third-order valence-corrected chi connectivity index (χ3v) is 3.80. The van der Waals surface area contributed by atoms with E-state index in [2.05, 4.69) is 10.4 Å². The van der Waals surface area contributed by atoms with E-state index >= 15 is 0 Å². The molecule has 2 heterocycles. The molecule has 1 amide bonds. The fourth-order valence-corrected chi connectivity index (χ4v) is 2.45. The third kappa shape index (κ3) is 4.66. The molecule has 0 saturated heterocycles. The van der Waals surface area contributed by atoms with Crippen molar-refractivity contribution in [3.05, 3.63) is 80.8 Å². The van der Waals surface area contributed by atoms with Crippen LogP contribution in [0.25, 0.3) is 11.5 Å². The lowest BCUT2D eigenvalue weighted by Gasteiger charge is -2.08. The normalized spacial score (nSPS) is 10.5. The van der Waals surface area contributed by atoms with Gasteiger partial charge in [0.1, 0.15) is 5.69 Å². The second-order valence-electron chi connectivity index (χ2n) is 5.71. The summed E-state index contributed by atoms with van der Waals surface area (Å²) in [5, 5.41) is 17.5. The number of hydrogen-bond acceptors (Lipinski definition) is 6. The molecule has 0 aliphatic carbocycles. The number of non-ortho nitro benzene ring substituents is 1. The van der Waals surface area contributed by atoms with Crippen molar-refractivity contribution < 1.29 is 14.1 Å². The van der Waals surface area contributed by atoms with Crippen molar-refractivity contribution in [3.63, 3.8) is 0 Å². The van der Waals surface area contributed by atoms with E-state index < -0.39 is 4.92 Å². The molecule has 0 aliphatic heterocycles. The zero-order chi connectivity index (χ0) is 19.2. The van der Waals surface area contributed by atoms with Gasteiger partial charge in [0.05, 0.1) is 24.2 Å². The molecule has 0 saturated carbocycles. The molecule has 27 heavy (non-hydrogen) atoms. The van der Waals surface area contributed by atoms with Crippen molar-refractivity contribution in [2.75, 3.05) is 6.54 Å². The number of aromatic nitrogens is 2. The summed E-state index contributed by atoms with van der Waals surface area (Å²) in [6.07, 6.45) is 1.61. The lowest BCUT2D eigenvalue weighted by atomic mass is 10.1. The minimum Gasteiger partial charge on any atom is -0.463 e. The van der Waals surface area contributed by atoms with Gasteiger partial charge in [0.25, 0.3) is 11.2 Å². The fraction of sp³-hybridized carbons (Fsp3) is 0.167. The summed E-state index contributed by atoms with van der Waals surface area (Å²) in [6, 6.07) is 12.2. The van der Waals surface area contributed by atoms with Gasteiger partial charge >= 0.3 is 0 Å². The summed E-state index contributed by atoms with van der Waals surface area (Å²) >= 11 is 0. The van der Waals surface area contributed by atoms with Crippen LogP contribution in [0.4, 0.5) is 5.69 Å². The van der Waals surface area contributed by atoms with Gasteiger partial charge in [-0.15, -0.1) is 0 Å². The number of amides is 1. The van der Waals surface area contributed by atoms with Crippen LogP contribution in [0.5, 0.6) is 0 Å². The average molecular weight is 368 g/mol. The minimum atomic E-state index is -0.495. The number of nitrogens with one attached hydrogen (secondary N) is 1. The van der Waals surface area contributed by atoms with Gasteiger partial charge in [-0.1, -0.05) is 12.1 Å². The van der Waals surface area contributed by atoms with Crippen molar-refractivity contribution in [3.8, 4) is 11.5 Å². The molecule has 1 N–H and O–H groups in total. The number of carbonyl (C=O) groups is 1. The van der Waals surface area contributed by atoms with Gasteiger partial charge in [0.15, 0.2) is 5.76 Å². The van der Waals surface area contributed by atoms with Crippen LogP contribution in [0.1, 0.15) is 5.56 Å². The Morgan fingerprint density at radius 1 is 1.19 bits per heavy atom. The number of benzene rings is 1. The molecule has 0 radical (unpaired) electrons. The molecule has 1 aromatic carbocycles. The Labute approximate surface area is 153 Å². The number of nitro benzene ring substituents is 1. The van der Waals surface area contributed by atoms with Crippen LogP contribution >= 0.6 is 0 Å². The monoisotopic (exact) mass is 368 g/mol. The van der Waals surface area contributed by atoms with E-state index in [-0.39, 0.29) is 36.7 Å². The molecule has 0 atom stereocenters. The molecule has 138 valence electrons. The Morgan fingerprint density at radius 2 is 1.96 bits per heavy atom. The highest BCUT2D eigenvalue weighted by Gasteiger charge is 2.08. The van der Waals surface area contributed by atoms with E-state index in [9.17, 15) is 19.7 Å². The smallest absolute Gasteiger partial charge is 0.269 e. The third-order valence-electron chi connectivity index (χ3n) is 3.80. The first kappa shape index (κ1) is 18.1. The van der Waals surface area contributed by atoms with E-state index in [0.29, 0.717) is 17.0 Å². The zero-order valence-electron chi connectivity index (χ0n) is 14.2. The fourth-order valence-electron chi connectivity index (χ4n) is 2.45. The number of hydrogen-bond donors (Lipinski definition) is 1. The largest absolute Gasteiger partial charge is 0.463 e. The molecule has 0 unspecified atom stereocenters. The van der Waals surface area contributed by atoms with Crippen LogP contribution in [-0.2, 0) is 17.8 Å². The van der Waals surface area contributed by atoms with Crippen LogP contribution < -0.4 is 10.9 Å². The second kappa shape index (κ2) is 8.09. The number of carbonyl (C=O) groups excluding carboxylic acids is 1. The van der Waals surface area contributed by atoms with E-state index in [1.165, 1.54) is 41.3 Å². The lowest BCUT2D eigenvalue weighted by molar-refractivity contribution is -0.384. The summed E-state index contributed by atoms with van der Waals surface area (Å²) in [7, 11) is 0. The lowest BCUT2D eigenvalue weighted by Crippen LogP contribution is -2.32. The summed E-state index contributed by atoms with van der Waals surface area (Å²) in [4.78, 5) is 34.0. The average Bonchev–Trinajstić information content (AvgIpc) is 3.18. The van der Waals surface area contributed by atoms with Crippen LogP contribution in [0.15, 0.2) is 64.0 Å². The Morgan fingerprint density at radius 3 is 2.63 bits per heavy atom. The highest BCUT2D eigenvalue weighted by atomic mass is 16.6. The van der Waals surface area contributed by atoms with E-state index in [0.717, 1.165) is 0 Å². The van der Waals surface area contributed by atoms with Crippen molar-refractivity contribution in [2.24, 2.45) is 0 Å². The number of furan rings is 1. The van der Waals surface area contributed by atoms with Gasteiger partial charge in [0.2, 0.25) is 5.91 Å². The highest BCUT2D eigenvalue weighted by molar-refractivity contribution is 5.78. The Hall–Kier alpha value is -3.75. The van der Waals surface area contributed by atoms with Crippen molar-refractivity contribution in [2.45, 2.75) is 13.0 Å². The van der Waals surface area contributed by atoms with E-state index in [1.54, 1.807) is 18.2 Å². The first-order chi connectivity index (χ1) is 13.0. The molecule has 0 bridgehead atoms. The van der Waals surface area contributed by atoms with Crippen molar-refractivity contribution >= 4 is 11.6 Å². The first-order valence-corrected chi connectivity index (χ1v) is 8.15. The van der Waals surface area contributed by atoms with Crippen molar-refractivity contribution in [1.82, 2.24) is 15.1 Å². The van der Waals surface area contributed by atoms with Crippen LogP contribution in [0, 0.1) is 10.1 Å². The molecule has 3 rings (SSSR count). The quantitative estimate of drug-likeness (QED) is 0.501. The Balaban J connectivity index is 1.55. The van der Waals surface area contributed by atoms with Gasteiger partial charge < -0.3 is 9.73 Å². The standard InChI is InChI=1S/C18H16N4O5/c23-17(12-13-3-5-14(6-4-13)22(25)26)19-9-10-21-18(24)8-7-15(20-21)16-2-1-11-27-16/h1-8,11H,9-10,12H2,(H,19,23). The van der Waals surface area contributed by atoms with Gasteiger partial charge in [-0.05, 0) is 23.8 Å². The molecule has 9 heteroatoms. The second-order valence-corrected chi connectivity index (χ2v) is 5.71. The molecule has 9 nitrogen and oxygen atoms in total. The van der Waals surface area contributed by atoms with E-state index in [1.807, 2.05) is 0 Å². The van der Waals surface area contributed by atoms with Crippen LogP contribution in [-0.4, -0.2) is 27.2 Å². The molecule has 2 aromatic heterocycles. The van der Waals surface area contributed by atoms with Gasteiger partial charge in [0, 0.05) is 24.7 Å². The maximum absolute atomic E-state index is 12.0. The predicted octanol–water partition coefficient (Wildman–Crippen LogP) is 1.77. The molecule has 3 aromatic rings. The number of nitrogens with zero attached hydrogens (tertiary/aromatic N) is 3. The van der Waals surface area contributed by atoms with Gasteiger partial charge in [-0.3, -0.25) is 19.7 Å². The Bertz CT molecular complexity index is 993. The summed E-state index contributed by atoms with van der Waals surface area (Å²) in [6.45, 7) is 0.430.